The van der Waals surface area contributed by atoms with E-state index in [4.69, 9.17) is 21.1 Å². The molecule has 0 unspecified atom stereocenters. The zero-order chi connectivity index (χ0) is 21.5. The largest absolute Gasteiger partial charge is 0.361 e. The van der Waals surface area contributed by atoms with Crippen molar-refractivity contribution in [1.29, 1.82) is 0 Å². The van der Waals surface area contributed by atoms with E-state index in [0.717, 1.165) is 45.3 Å². The summed E-state index contributed by atoms with van der Waals surface area (Å²) in [6.45, 7) is 6.24. The second-order valence-corrected chi connectivity index (χ2v) is 10.1. The molecule has 0 radical (unpaired) electrons. The molecule has 3 heterocycles. The predicted octanol–water partition coefficient (Wildman–Crippen LogP) is 6.99. The third-order valence-electron chi connectivity index (χ3n) is 6.21. The molecule has 0 saturated carbocycles. The maximum absolute atomic E-state index is 6.08. The molecule has 1 fully saturated rings. The first kappa shape index (κ1) is 20.7. The first-order valence-corrected chi connectivity index (χ1v) is 12.3. The van der Waals surface area contributed by atoms with Gasteiger partial charge in [0.25, 0.3) is 0 Å². The van der Waals surface area contributed by atoms with Crippen molar-refractivity contribution < 1.29 is 4.52 Å². The van der Waals surface area contributed by atoms with Gasteiger partial charge in [0.15, 0.2) is 0 Å². The minimum Gasteiger partial charge on any atom is -0.361 e. The summed E-state index contributed by atoms with van der Waals surface area (Å²) < 4.78 is 7.90. The van der Waals surface area contributed by atoms with Crippen LogP contribution in [0, 0.1) is 13.8 Å². The SMILES string of the molecule is Cc1noc(C)c1-c1ccc2c(c1)nc([C@H](C)Cc1ccc(Cl)cc1)n2[C@H]1CCSC1. The number of hydrogen-bond donors (Lipinski definition) is 0. The number of aromatic nitrogens is 3. The molecule has 2 aromatic carbocycles. The van der Waals surface area contributed by atoms with Crippen LogP contribution in [0.4, 0.5) is 0 Å². The molecule has 4 aromatic rings. The number of hydrogen-bond acceptors (Lipinski definition) is 4. The average molecular weight is 452 g/mol. The highest BCUT2D eigenvalue weighted by molar-refractivity contribution is 7.99. The molecule has 1 aliphatic rings. The van der Waals surface area contributed by atoms with Crippen molar-refractivity contribution in [2.24, 2.45) is 0 Å². The van der Waals surface area contributed by atoms with Gasteiger partial charge in [0, 0.05) is 28.3 Å². The zero-order valence-electron chi connectivity index (χ0n) is 18.1. The quantitative estimate of drug-likeness (QED) is 0.328. The molecule has 1 aliphatic heterocycles. The van der Waals surface area contributed by atoms with Crippen molar-refractivity contribution in [2.45, 2.75) is 45.6 Å². The van der Waals surface area contributed by atoms with Crippen LogP contribution in [0.25, 0.3) is 22.2 Å². The molecule has 31 heavy (non-hydrogen) atoms. The highest BCUT2D eigenvalue weighted by Crippen LogP contribution is 2.37. The molecule has 160 valence electrons. The van der Waals surface area contributed by atoms with E-state index in [9.17, 15) is 0 Å². The normalized spacial score (nSPS) is 17.5. The first-order valence-electron chi connectivity index (χ1n) is 10.8. The van der Waals surface area contributed by atoms with Gasteiger partial charge in [-0.3, -0.25) is 0 Å². The Morgan fingerprint density at radius 2 is 2.00 bits per heavy atom. The monoisotopic (exact) mass is 451 g/mol. The molecule has 0 N–H and O–H groups in total. The van der Waals surface area contributed by atoms with Gasteiger partial charge in [0.05, 0.1) is 16.7 Å². The predicted molar refractivity (Wildman–Crippen MR) is 129 cm³/mol. The summed E-state index contributed by atoms with van der Waals surface area (Å²) in [6, 6.07) is 15.3. The van der Waals surface area contributed by atoms with Crippen molar-refractivity contribution in [3.05, 3.63) is 70.3 Å². The van der Waals surface area contributed by atoms with E-state index in [2.05, 4.69) is 47.0 Å². The van der Waals surface area contributed by atoms with Crippen LogP contribution in [0.3, 0.4) is 0 Å². The molecular weight excluding hydrogens is 426 g/mol. The lowest BCUT2D eigenvalue weighted by molar-refractivity contribution is 0.393. The summed E-state index contributed by atoms with van der Waals surface area (Å²) in [6.07, 6.45) is 2.14. The van der Waals surface area contributed by atoms with E-state index in [1.165, 1.54) is 29.1 Å². The van der Waals surface area contributed by atoms with E-state index in [0.29, 0.717) is 12.0 Å². The van der Waals surface area contributed by atoms with Crippen molar-refractivity contribution in [2.75, 3.05) is 11.5 Å². The number of nitrogens with zero attached hydrogens (tertiary/aromatic N) is 3. The third kappa shape index (κ3) is 3.90. The van der Waals surface area contributed by atoms with E-state index < -0.39 is 0 Å². The van der Waals surface area contributed by atoms with Crippen LogP contribution < -0.4 is 0 Å². The van der Waals surface area contributed by atoms with E-state index >= 15 is 0 Å². The topological polar surface area (TPSA) is 43.9 Å². The van der Waals surface area contributed by atoms with Crippen molar-refractivity contribution in [1.82, 2.24) is 14.7 Å². The second kappa shape index (κ2) is 8.36. The summed E-state index contributed by atoms with van der Waals surface area (Å²) in [4.78, 5) is 5.18. The lowest BCUT2D eigenvalue weighted by Gasteiger charge is -2.20. The number of thioether (sulfide) groups is 1. The fraction of sp³-hybridized carbons (Fsp3) is 0.360. The molecule has 1 saturated heterocycles. The molecule has 0 bridgehead atoms. The van der Waals surface area contributed by atoms with Gasteiger partial charge in [-0.05, 0) is 67.8 Å². The van der Waals surface area contributed by atoms with Crippen LogP contribution in [0.2, 0.25) is 5.02 Å². The molecule has 2 atom stereocenters. The molecule has 6 heteroatoms. The van der Waals surface area contributed by atoms with Crippen molar-refractivity contribution in [3.8, 4) is 11.1 Å². The van der Waals surface area contributed by atoms with Crippen molar-refractivity contribution in [3.63, 3.8) is 0 Å². The molecule has 2 aromatic heterocycles. The van der Waals surface area contributed by atoms with Gasteiger partial charge in [-0.15, -0.1) is 0 Å². The van der Waals surface area contributed by atoms with Gasteiger partial charge in [-0.1, -0.05) is 41.9 Å². The number of imidazole rings is 1. The van der Waals surface area contributed by atoms with Crippen LogP contribution >= 0.6 is 23.4 Å². The Morgan fingerprint density at radius 3 is 2.68 bits per heavy atom. The average Bonchev–Trinajstić information content (AvgIpc) is 3.48. The molecule has 4 nitrogen and oxygen atoms in total. The van der Waals surface area contributed by atoms with Gasteiger partial charge in [-0.25, -0.2) is 4.98 Å². The molecular formula is C25H26ClN3OS. The Labute approximate surface area is 192 Å². The molecule has 0 aliphatic carbocycles. The second-order valence-electron chi connectivity index (χ2n) is 8.49. The number of rotatable bonds is 5. The Balaban J connectivity index is 1.58. The fourth-order valence-corrected chi connectivity index (χ4v) is 6.01. The Morgan fingerprint density at radius 1 is 1.19 bits per heavy atom. The maximum atomic E-state index is 6.08. The molecule has 0 spiro atoms. The van der Waals surface area contributed by atoms with Crippen LogP contribution in [0.15, 0.2) is 47.0 Å². The van der Waals surface area contributed by atoms with Crippen LogP contribution in [-0.4, -0.2) is 26.2 Å². The van der Waals surface area contributed by atoms with E-state index in [1.54, 1.807) is 0 Å². The highest BCUT2D eigenvalue weighted by Gasteiger charge is 2.26. The van der Waals surface area contributed by atoms with E-state index in [1.807, 2.05) is 37.7 Å². The van der Waals surface area contributed by atoms with Crippen LogP contribution in [-0.2, 0) is 6.42 Å². The summed E-state index contributed by atoms with van der Waals surface area (Å²) >= 11 is 8.12. The lowest BCUT2D eigenvalue weighted by atomic mass is 10.00. The smallest absolute Gasteiger partial charge is 0.141 e. The molecule has 0 amide bonds. The number of aryl methyl sites for hydroxylation is 2. The summed E-state index contributed by atoms with van der Waals surface area (Å²) in [5.74, 6) is 4.69. The van der Waals surface area contributed by atoms with Crippen LogP contribution in [0.1, 0.15) is 48.1 Å². The summed E-state index contributed by atoms with van der Waals surface area (Å²) in [7, 11) is 0. The van der Waals surface area contributed by atoms with E-state index in [-0.39, 0.29) is 0 Å². The first-order chi connectivity index (χ1) is 15.0. The Hall–Kier alpha value is -2.24. The maximum Gasteiger partial charge on any atom is 0.141 e. The zero-order valence-corrected chi connectivity index (χ0v) is 19.6. The van der Waals surface area contributed by atoms with Gasteiger partial charge < -0.3 is 9.09 Å². The number of benzene rings is 2. The number of halogens is 1. The standard InChI is InChI=1S/C25H26ClN3OS/c1-15(12-18-4-7-20(26)8-5-18)25-27-22-13-19(24-16(2)28-30-17(24)3)6-9-23(22)29(25)21-10-11-31-14-21/h4-9,13,15,21H,10-12,14H2,1-3H3/t15-,21+/m1/s1. The van der Waals surface area contributed by atoms with Gasteiger partial charge >= 0.3 is 0 Å². The minimum absolute atomic E-state index is 0.307. The number of fused-ring (bicyclic) bond motifs is 1. The van der Waals surface area contributed by atoms with Gasteiger partial charge in [-0.2, -0.15) is 11.8 Å². The van der Waals surface area contributed by atoms with Gasteiger partial charge in [0.2, 0.25) is 0 Å². The van der Waals surface area contributed by atoms with Crippen molar-refractivity contribution >= 4 is 34.4 Å². The minimum atomic E-state index is 0.307. The fourth-order valence-electron chi connectivity index (χ4n) is 4.69. The van der Waals surface area contributed by atoms with Gasteiger partial charge in [0.1, 0.15) is 11.6 Å². The molecule has 5 rings (SSSR count). The summed E-state index contributed by atoms with van der Waals surface area (Å²) in [5.41, 5.74) is 6.66. The highest BCUT2D eigenvalue weighted by atomic mass is 35.5. The van der Waals surface area contributed by atoms with Crippen LogP contribution in [0.5, 0.6) is 0 Å². The summed E-state index contributed by atoms with van der Waals surface area (Å²) in [5, 5.41) is 4.90. The Kier molecular flexibility index (Phi) is 5.57. The third-order valence-corrected chi connectivity index (χ3v) is 7.60. The lowest BCUT2D eigenvalue weighted by Crippen LogP contribution is -2.15. The Bertz CT molecular complexity index is 1200.